The van der Waals surface area contributed by atoms with Gasteiger partial charge in [0.1, 0.15) is 5.65 Å². The zero-order chi connectivity index (χ0) is 15.5. The molecule has 22 heavy (non-hydrogen) atoms. The molecule has 1 aromatic carbocycles. The van der Waals surface area contributed by atoms with Crippen LogP contribution < -0.4 is 0 Å². The number of aliphatic hydroxyl groups is 1. The fourth-order valence-electron chi connectivity index (χ4n) is 2.42. The fraction of sp³-hybridized carbons (Fsp3) is 0.235. The van der Waals surface area contributed by atoms with Crippen LogP contribution in [0.2, 0.25) is 0 Å². The first-order chi connectivity index (χ1) is 10.7. The predicted octanol–water partition coefficient (Wildman–Crippen LogP) is 2.58. The van der Waals surface area contributed by atoms with Crippen molar-refractivity contribution in [1.29, 1.82) is 0 Å². The van der Waals surface area contributed by atoms with Gasteiger partial charge in [-0.25, -0.2) is 4.98 Å². The molecule has 3 aromatic rings. The minimum Gasteiger partial charge on any atom is -0.392 e. The number of fused-ring (bicyclic) bond motifs is 1. The van der Waals surface area contributed by atoms with Gasteiger partial charge in [-0.2, -0.15) is 0 Å². The molecule has 2 aromatic heterocycles. The lowest BCUT2D eigenvalue weighted by molar-refractivity contribution is 0.282. The van der Waals surface area contributed by atoms with Gasteiger partial charge in [0.05, 0.1) is 18.1 Å². The molecule has 1 unspecified atom stereocenters. The van der Waals surface area contributed by atoms with Gasteiger partial charge in [0, 0.05) is 28.9 Å². The molecular formula is C17H18N2O2S. The van der Waals surface area contributed by atoms with E-state index >= 15 is 0 Å². The Labute approximate surface area is 131 Å². The van der Waals surface area contributed by atoms with Crippen molar-refractivity contribution in [3.63, 3.8) is 0 Å². The number of aromatic nitrogens is 2. The molecule has 0 fully saturated rings. The number of pyridine rings is 1. The molecule has 0 aliphatic rings. The molecule has 1 atom stereocenters. The third-order valence-corrected chi connectivity index (χ3v) is 4.84. The van der Waals surface area contributed by atoms with Gasteiger partial charge >= 0.3 is 0 Å². The van der Waals surface area contributed by atoms with Crippen LogP contribution in [-0.2, 0) is 28.9 Å². The van der Waals surface area contributed by atoms with E-state index in [2.05, 4.69) is 4.98 Å². The summed E-state index contributed by atoms with van der Waals surface area (Å²) >= 11 is 0. The molecule has 0 saturated carbocycles. The van der Waals surface area contributed by atoms with Crippen LogP contribution in [0.15, 0.2) is 48.8 Å². The van der Waals surface area contributed by atoms with Crippen molar-refractivity contribution < 1.29 is 9.32 Å². The van der Waals surface area contributed by atoms with Crippen LogP contribution in [0.4, 0.5) is 0 Å². The van der Waals surface area contributed by atoms with Gasteiger partial charge in [0.15, 0.2) is 0 Å². The van der Waals surface area contributed by atoms with E-state index in [1.807, 2.05) is 60.1 Å². The van der Waals surface area contributed by atoms with Gasteiger partial charge in [-0.3, -0.25) is 4.21 Å². The maximum Gasteiger partial charge on any atom is 0.139 e. The predicted molar refractivity (Wildman–Crippen MR) is 87.8 cm³/mol. The van der Waals surface area contributed by atoms with Crippen LogP contribution in [0.3, 0.4) is 0 Å². The van der Waals surface area contributed by atoms with Crippen molar-refractivity contribution in [3.8, 4) is 0 Å². The molecule has 0 aliphatic heterocycles. The monoisotopic (exact) mass is 314 g/mol. The second-order valence-corrected chi connectivity index (χ2v) is 6.81. The maximum atomic E-state index is 12.3. The lowest BCUT2D eigenvalue weighted by Gasteiger charge is -2.02. The minimum absolute atomic E-state index is 0.0317. The number of aryl methyl sites for hydroxylation is 1. The van der Waals surface area contributed by atoms with Crippen LogP contribution in [0.5, 0.6) is 0 Å². The van der Waals surface area contributed by atoms with E-state index in [1.54, 1.807) is 0 Å². The highest BCUT2D eigenvalue weighted by molar-refractivity contribution is 7.83. The summed E-state index contributed by atoms with van der Waals surface area (Å²) in [5.41, 5.74) is 4.75. The maximum absolute atomic E-state index is 12.3. The van der Waals surface area contributed by atoms with Gasteiger partial charge in [0.25, 0.3) is 0 Å². The van der Waals surface area contributed by atoms with Crippen LogP contribution in [0, 0.1) is 6.92 Å². The molecule has 0 radical (unpaired) electrons. The van der Waals surface area contributed by atoms with Crippen molar-refractivity contribution in [2.45, 2.75) is 25.0 Å². The average molecular weight is 314 g/mol. The van der Waals surface area contributed by atoms with E-state index < -0.39 is 10.8 Å². The zero-order valence-corrected chi connectivity index (χ0v) is 13.2. The van der Waals surface area contributed by atoms with E-state index in [1.165, 1.54) is 0 Å². The standard InChI is InChI=1S/C17H18N2O2S/c1-13-3-2-8-19-9-16(18-17(13)19)12-22(21)11-15-6-4-14(10-20)5-7-15/h2-9,20H,10-12H2,1H3. The molecular weight excluding hydrogens is 296 g/mol. The number of hydrogen-bond acceptors (Lipinski definition) is 3. The molecule has 0 amide bonds. The summed E-state index contributed by atoms with van der Waals surface area (Å²) in [6.07, 6.45) is 3.89. The number of aliphatic hydroxyl groups excluding tert-OH is 1. The summed E-state index contributed by atoms with van der Waals surface area (Å²) in [4.78, 5) is 4.56. The third kappa shape index (κ3) is 3.26. The first-order valence-corrected chi connectivity index (χ1v) is 8.61. The Morgan fingerprint density at radius 3 is 2.55 bits per heavy atom. The highest BCUT2D eigenvalue weighted by Gasteiger charge is 2.08. The number of imidazole rings is 1. The quantitative estimate of drug-likeness (QED) is 0.787. The first kappa shape index (κ1) is 14.9. The second-order valence-electron chi connectivity index (χ2n) is 5.36. The summed E-state index contributed by atoms with van der Waals surface area (Å²) in [5, 5.41) is 9.03. The summed E-state index contributed by atoms with van der Waals surface area (Å²) in [6, 6.07) is 11.6. The average Bonchev–Trinajstić information content (AvgIpc) is 2.92. The van der Waals surface area contributed by atoms with Crippen LogP contribution in [-0.4, -0.2) is 18.7 Å². The zero-order valence-electron chi connectivity index (χ0n) is 12.4. The Balaban J connectivity index is 1.71. The van der Waals surface area contributed by atoms with E-state index in [4.69, 9.17) is 5.11 Å². The van der Waals surface area contributed by atoms with Crippen LogP contribution >= 0.6 is 0 Å². The highest BCUT2D eigenvalue weighted by atomic mass is 32.2. The van der Waals surface area contributed by atoms with Gasteiger partial charge in [-0.1, -0.05) is 30.3 Å². The summed E-state index contributed by atoms with van der Waals surface area (Å²) in [7, 11) is -1.00. The number of benzene rings is 1. The smallest absolute Gasteiger partial charge is 0.139 e. The van der Waals surface area contributed by atoms with Crippen LogP contribution in [0.25, 0.3) is 5.65 Å². The molecule has 5 heteroatoms. The summed E-state index contributed by atoms with van der Waals surface area (Å²) in [6.45, 7) is 2.05. The van der Waals surface area contributed by atoms with Crippen molar-refractivity contribution in [1.82, 2.24) is 9.38 Å². The van der Waals surface area contributed by atoms with E-state index in [9.17, 15) is 4.21 Å². The summed E-state index contributed by atoms with van der Waals surface area (Å²) < 4.78 is 14.3. The number of nitrogens with zero attached hydrogens (tertiary/aromatic N) is 2. The number of rotatable bonds is 5. The lowest BCUT2D eigenvalue weighted by Crippen LogP contribution is -2.00. The van der Waals surface area contributed by atoms with Gasteiger partial charge < -0.3 is 9.51 Å². The fourth-order valence-corrected chi connectivity index (χ4v) is 3.55. The normalized spacial score (nSPS) is 12.6. The molecule has 0 bridgehead atoms. The molecule has 0 aliphatic carbocycles. The Morgan fingerprint density at radius 2 is 1.86 bits per heavy atom. The Morgan fingerprint density at radius 1 is 1.14 bits per heavy atom. The van der Waals surface area contributed by atoms with Gasteiger partial charge in [-0.05, 0) is 29.7 Å². The van der Waals surface area contributed by atoms with Gasteiger partial charge in [0.2, 0.25) is 0 Å². The van der Waals surface area contributed by atoms with Crippen molar-refractivity contribution >= 4 is 16.4 Å². The first-order valence-electron chi connectivity index (χ1n) is 7.12. The van der Waals surface area contributed by atoms with E-state index in [-0.39, 0.29) is 6.61 Å². The SMILES string of the molecule is Cc1cccn2cc(CS(=O)Cc3ccc(CO)cc3)nc12. The van der Waals surface area contributed by atoms with Crippen molar-refractivity contribution in [2.24, 2.45) is 0 Å². The van der Waals surface area contributed by atoms with Crippen LogP contribution in [0.1, 0.15) is 22.4 Å². The summed E-state index contributed by atoms with van der Waals surface area (Å²) in [5.74, 6) is 0.946. The second kappa shape index (κ2) is 6.42. The molecule has 3 rings (SSSR count). The Kier molecular flexibility index (Phi) is 4.36. The van der Waals surface area contributed by atoms with Gasteiger partial charge in [-0.15, -0.1) is 0 Å². The third-order valence-electron chi connectivity index (χ3n) is 3.57. The molecule has 0 saturated heterocycles. The van der Waals surface area contributed by atoms with Crippen molar-refractivity contribution in [3.05, 3.63) is 71.2 Å². The molecule has 1 N–H and O–H groups in total. The largest absolute Gasteiger partial charge is 0.392 e. The van der Waals surface area contributed by atoms with E-state index in [0.29, 0.717) is 11.5 Å². The lowest BCUT2D eigenvalue weighted by atomic mass is 10.2. The number of hydrogen-bond donors (Lipinski definition) is 1. The molecule has 114 valence electrons. The molecule has 4 nitrogen and oxygen atoms in total. The highest BCUT2D eigenvalue weighted by Crippen LogP contribution is 2.13. The van der Waals surface area contributed by atoms with E-state index in [0.717, 1.165) is 28.0 Å². The Hall–Kier alpha value is -1.98. The molecule has 2 heterocycles. The topological polar surface area (TPSA) is 54.6 Å². The minimum atomic E-state index is -1.00. The molecule has 0 spiro atoms. The Bertz CT molecular complexity index is 809. The van der Waals surface area contributed by atoms with Crippen molar-refractivity contribution in [2.75, 3.05) is 0 Å².